The Hall–Kier alpha value is -3.06. The van der Waals surface area contributed by atoms with Gasteiger partial charge in [0.1, 0.15) is 5.75 Å². The number of para-hydroxylation sites is 2. The van der Waals surface area contributed by atoms with E-state index >= 15 is 0 Å². The highest BCUT2D eigenvalue weighted by Gasteiger charge is 2.28. The Morgan fingerprint density at radius 2 is 2.03 bits per heavy atom. The molecule has 0 saturated carbocycles. The maximum Gasteiger partial charge on any atom is 0.225 e. The van der Waals surface area contributed by atoms with Gasteiger partial charge in [-0.1, -0.05) is 28.1 Å². The molecule has 1 saturated heterocycles. The Morgan fingerprint density at radius 1 is 1.19 bits per heavy atom. The van der Waals surface area contributed by atoms with Crippen LogP contribution in [0, 0.1) is 5.92 Å². The number of methoxy groups -OCH3 is 1. The number of amides is 1. The molecule has 7 heteroatoms. The molecule has 0 spiro atoms. The molecular formula is C25H25BrN4O2. The second-order valence-corrected chi connectivity index (χ2v) is 9.06. The summed E-state index contributed by atoms with van der Waals surface area (Å²) in [6, 6.07) is 18.1. The first-order chi connectivity index (χ1) is 15.6. The third kappa shape index (κ3) is 3.93. The number of aromatic nitrogens is 2. The molecule has 1 aliphatic heterocycles. The molecule has 0 bridgehead atoms. The number of carbonyl (C=O) groups excluding carboxylic acids is 1. The van der Waals surface area contributed by atoms with Crippen molar-refractivity contribution in [3.05, 3.63) is 70.8 Å². The predicted octanol–water partition coefficient (Wildman–Crippen LogP) is 4.79. The van der Waals surface area contributed by atoms with Crippen LogP contribution in [0.15, 0.2) is 65.3 Å². The summed E-state index contributed by atoms with van der Waals surface area (Å²) in [5.41, 5.74) is 4.07. The van der Waals surface area contributed by atoms with E-state index in [1.54, 1.807) is 7.11 Å². The minimum absolute atomic E-state index is 0.0731. The smallest absolute Gasteiger partial charge is 0.225 e. The third-order valence-corrected chi connectivity index (χ3v) is 6.63. The fraction of sp³-hybridized carbons (Fsp3) is 0.280. The highest BCUT2D eigenvalue weighted by Crippen LogP contribution is 2.29. The van der Waals surface area contributed by atoms with Crippen molar-refractivity contribution < 1.29 is 9.53 Å². The zero-order chi connectivity index (χ0) is 22.1. The molecule has 32 heavy (non-hydrogen) atoms. The van der Waals surface area contributed by atoms with Crippen LogP contribution in [0.3, 0.4) is 0 Å². The van der Waals surface area contributed by atoms with Gasteiger partial charge in [-0.05, 0) is 55.3 Å². The second-order valence-electron chi connectivity index (χ2n) is 8.15. The van der Waals surface area contributed by atoms with Crippen LogP contribution < -0.4 is 15.0 Å². The first-order valence-corrected chi connectivity index (χ1v) is 11.6. The maximum atomic E-state index is 13.0. The van der Waals surface area contributed by atoms with Crippen LogP contribution in [0.5, 0.6) is 5.75 Å². The molecule has 3 heterocycles. The van der Waals surface area contributed by atoms with Crippen molar-refractivity contribution in [1.29, 1.82) is 0 Å². The van der Waals surface area contributed by atoms with Crippen LogP contribution >= 0.6 is 15.9 Å². The largest absolute Gasteiger partial charge is 0.496 e. The summed E-state index contributed by atoms with van der Waals surface area (Å²) in [7, 11) is 1.65. The summed E-state index contributed by atoms with van der Waals surface area (Å²) >= 11 is 3.49. The van der Waals surface area contributed by atoms with Gasteiger partial charge in [0.15, 0.2) is 5.82 Å². The maximum absolute atomic E-state index is 13.0. The molecule has 1 fully saturated rings. The molecule has 1 atom stereocenters. The van der Waals surface area contributed by atoms with Gasteiger partial charge in [-0.3, -0.25) is 4.79 Å². The molecule has 5 rings (SSSR count). The number of nitrogens with zero attached hydrogens (tertiary/aromatic N) is 3. The van der Waals surface area contributed by atoms with E-state index in [1.807, 2.05) is 42.5 Å². The summed E-state index contributed by atoms with van der Waals surface area (Å²) in [5, 5.41) is 3.11. The molecule has 0 aliphatic carbocycles. The number of ether oxygens (including phenoxy) is 1. The van der Waals surface area contributed by atoms with Gasteiger partial charge in [-0.25, -0.2) is 4.98 Å². The van der Waals surface area contributed by atoms with Gasteiger partial charge in [-0.15, -0.1) is 0 Å². The highest BCUT2D eigenvalue weighted by atomic mass is 79.9. The van der Waals surface area contributed by atoms with Crippen LogP contribution in [-0.4, -0.2) is 35.5 Å². The number of benzene rings is 2. The first kappa shape index (κ1) is 20.8. The van der Waals surface area contributed by atoms with Gasteiger partial charge < -0.3 is 19.4 Å². The number of hydrogen-bond acceptors (Lipinski definition) is 4. The van der Waals surface area contributed by atoms with E-state index < -0.39 is 0 Å². The van der Waals surface area contributed by atoms with E-state index in [4.69, 9.17) is 9.72 Å². The number of hydrogen-bond donors (Lipinski definition) is 1. The molecule has 1 unspecified atom stereocenters. The van der Waals surface area contributed by atoms with Gasteiger partial charge in [0.05, 0.1) is 29.6 Å². The highest BCUT2D eigenvalue weighted by molar-refractivity contribution is 9.10. The van der Waals surface area contributed by atoms with Crippen molar-refractivity contribution in [1.82, 2.24) is 14.7 Å². The van der Waals surface area contributed by atoms with E-state index in [0.717, 1.165) is 57.5 Å². The standard InChI is InChI=1S/C25H25BrN4O2/c1-32-23-11-10-19(26)14-18(23)15-27-25(31)17-6-4-12-29(16-17)24-22-9-5-13-30(22)21-8-3-2-7-20(21)28-24/h2-3,5,7-11,13-14,17H,4,6,12,15-16H2,1H3,(H,27,31). The summed E-state index contributed by atoms with van der Waals surface area (Å²) in [4.78, 5) is 20.3. The summed E-state index contributed by atoms with van der Waals surface area (Å²) in [6.45, 7) is 2.00. The normalized spacial score (nSPS) is 16.4. The Kier molecular flexibility index (Phi) is 5.74. The van der Waals surface area contributed by atoms with Gasteiger partial charge in [0.2, 0.25) is 5.91 Å². The van der Waals surface area contributed by atoms with Crippen LogP contribution in [0.25, 0.3) is 16.6 Å². The first-order valence-electron chi connectivity index (χ1n) is 10.8. The lowest BCUT2D eigenvalue weighted by Crippen LogP contribution is -2.43. The number of rotatable bonds is 5. The van der Waals surface area contributed by atoms with E-state index in [1.165, 1.54) is 0 Å². The molecule has 1 amide bonds. The van der Waals surface area contributed by atoms with Crippen molar-refractivity contribution in [2.24, 2.45) is 5.92 Å². The Bertz CT molecular complexity index is 1290. The minimum Gasteiger partial charge on any atom is -0.496 e. The molecule has 0 radical (unpaired) electrons. The Morgan fingerprint density at radius 3 is 2.91 bits per heavy atom. The quantitative estimate of drug-likeness (QED) is 0.435. The molecule has 164 valence electrons. The van der Waals surface area contributed by atoms with Crippen molar-refractivity contribution in [2.45, 2.75) is 19.4 Å². The minimum atomic E-state index is -0.0785. The van der Waals surface area contributed by atoms with Crippen LogP contribution in [-0.2, 0) is 11.3 Å². The lowest BCUT2D eigenvalue weighted by atomic mass is 9.97. The molecule has 2 aromatic carbocycles. The lowest BCUT2D eigenvalue weighted by Gasteiger charge is -2.33. The third-order valence-electron chi connectivity index (χ3n) is 6.13. The van der Waals surface area contributed by atoms with Gasteiger partial charge in [0, 0.05) is 35.9 Å². The number of anilines is 1. The van der Waals surface area contributed by atoms with Crippen LogP contribution in [0.2, 0.25) is 0 Å². The molecule has 6 nitrogen and oxygen atoms in total. The van der Waals surface area contributed by atoms with Crippen molar-refractivity contribution in [2.75, 3.05) is 25.1 Å². The second kappa shape index (κ2) is 8.82. The molecule has 2 aromatic heterocycles. The van der Waals surface area contributed by atoms with Gasteiger partial charge in [0.25, 0.3) is 0 Å². The van der Waals surface area contributed by atoms with E-state index in [0.29, 0.717) is 13.1 Å². The zero-order valence-electron chi connectivity index (χ0n) is 17.9. The monoisotopic (exact) mass is 492 g/mol. The van der Waals surface area contributed by atoms with E-state index in [-0.39, 0.29) is 11.8 Å². The van der Waals surface area contributed by atoms with Crippen molar-refractivity contribution >= 4 is 44.2 Å². The average Bonchev–Trinajstić information content (AvgIpc) is 3.32. The Balaban J connectivity index is 1.35. The van der Waals surface area contributed by atoms with Crippen molar-refractivity contribution in [3.63, 3.8) is 0 Å². The summed E-state index contributed by atoms with van der Waals surface area (Å²) < 4.78 is 8.57. The number of piperidine rings is 1. The van der Waals surface area contributed by atoms with Crippen LogP contribution in [0.4, 0.5) is 5.82 Å². The summed E-state index contributed by atoms with van der Waals surface area (Å²) in [6.07, 6.45) is 3.91. The van der Waals surface area contributed by atoms with Gasteiger partial charge >= 0.3 is 0 Å². The average molecular weight is 493 g/mol. The Labute approximate surface area is 195 Å². The molecule has 1 aliphatic rings. The number of carbonyl (C=O) groups is 1. The SMILES string of the molecule is COc1ccc(Br)cc1CNC(=O)C1CCCN(c2nc3ccccc3n3cccc23)C1. The van der Waals surface area contributed by atoms with Crippen LogP contribution in [0.1, 0.15) is 18.4 Å². The van der Waals surface area contributed by atoms with E-state index in [9.17, 15) is 4.79 Å². The lowest BCUT2D eigenvalue weighted by molar-refractivity contribution is -0.125. The molecule has 1 N–H and O–H groups in total. The van der Waals surface area contributed by atoms with E-state index in [2.05, 4.69) is 48.9 Å². The fourth-order valence-electron chi connectivity index (χ4n) is 4.54. The number of fused-ring (bicyclic) bond motifs is 3. The fourth-order valence-corrected chi connectivity index (χ4v) is 4.94. The number of halogens is 1. The topological polar surface area (TPSA) is 58.9 Å². The van der Waals surface area contributed by atoms with Crippen molar-refractivity contribution in [3.8, 4) is 5.75 Å². The summed E-state index contributed by atoms with van der Waals surface area (Å²) in [5.74, 6) is 1.71. The van der Waals surface area contributed by atoms with Gasteiger partial charge in [-0.2, -0.15) is 0 Å². The predicted molar refractivity (Wildman–Crippen MR) is 130 cm³/mol. The molecule has 4 aromatic rings. The zero-order valence-corrected chi connectivity index (χ0v) is 19.5. The molecular weight excluding hydrogens is 468 g/mol. The number of nitrogens with one attached hydrogen (secondary N) is 1.